The molecule has 5 nitrogen and oxygen atoms in total. The Kier molecular flexibility index (Phi) is 5.81. The fourth-order valence-electron chi connectivity index (χ4n) is 1.85. The Morgan fingerprint density at radius 2 is 2.17 bits per heavy atom. The van der Waals surface area contributed by atoms with Crippen LogP contribution in [0.5, 0.6) is 0 Å². The molecule has 1 aromatic rings. The average molecular weight is 318 g/mol. The number of hydrogen-bond donors (Lipinski definition) is 2. The Labute approximate surface area is 115 Å². The van der Waals surface area contributed by atoms with Crippen molar-refractivity contribution in [2.45, 2.75) is 39.8 Å². The SMILES string of the molecule is CC(C)CC(C)Nc1cnn(CCO)c(=O)c1Br. The number of nitrogens with zero attached hydrogens (tertiary/aromatic N) is 2. The lowest BCUT2D eigenvalue weighted by molar-refractivity contribution is 0.266. The third-order valence-corrected chi connectivity index (χ3v) is 3.29. The van der Waals surface area contributed by atoms with Crippen LogP contribution in [0.1, 0.15) is 27.2 Å². The monoisotopic (exact) mass is 317 g/mol. The molecule has 0 amide bonds. The fraction of sp³-hybridized carbons (Fsp3) is 0.667. The van der Waals surface area contributed by atoms with Gasteiger partial charge in [-0.3, -0.25) is 4.79 Å². The Balaban J connectivity index is 2.85. The van der Waals surface area contributed by atoms with Gasteiger partial charge >= 0.3 is 0 Å². The lowest BCUT2D eigenvalue weighted by atomic mass is 10.1. The minimum absolute atomic E-state index is 0.101. The summed E-state index contributed by atoms with van der Waals surface area (Å²) >= 11 is 3.28. The van der Waals surface area contributed by atoms with Crippen LogP contribution in [-0.2, 0) is 6.54 Å². The normalized spacial score (nSPS) is 12.8. The topological polar surface area (TPSA) is 67.2 Å². The van der Waals surface area contributed by atoms with Gasteiger partial charge < -0.3 is 10.4 Å². The van der Waals surface area contributed by atoms with E-state index in [0.717, 1.165) is 6.42 Å². The zero-order chi connectivity index (χ0) is 13.7. The van der Waals surface area contributed by atoms with Gasteiger partial charge in [0.15, 0.2) is 0 Å². The van der Waals surface area contributed by atoms with E-state index in [2.05, 4.69) is 47.1 Å². The Bertz CT molecular complexity index is 445. The lowest BCUT2D eigenvalue weighted by Crippen LogP contribution is -2.27. The van der Waals surface area contributed by atoms with E-state index >= 15 is 0 Å². The highest BCUT2D eigenvalue weighted by atomic mass is 79.9. The molecule has 0 aromatic carbocycles. The Hall–Kier alpha value is -0.880. The van der Waals surface area contributed by atoms with Gasteiger partial charge in [-0.2, -0.15) is 5.10 Å². The largest absolute Gasteiger partial charge is 0.394 e. The van der Waals surface area contributed by atoms with Gasteiger partial charge in [-0.25, -0.2) is 4.68 Å². The summed E-state index contributed by atoms with van der Waals surface area (Å²) < 4.78 is 1.70. The number of halogens is 1. The number of nitrogens with one attached hydrogen (secondary N) is 1. The molecule has 102 valence electrons. The van der Waals surface area contributed by atoms with Crippen molar-refractivity contribution in [2.75, 3.05) is 11.9 Å². The molecule has 0 spiro atoms. The van der Waals surface area contributed by atoms with Gasteiger partial charge in [0.25, 0.3) is 5.56 Å². The minimum atomic E-state index is -0.231. The summed E-state index contributed by atoms with van der Waals surface area (Å²) in [7, 11) is 0. The molecule has 1 unspecified atom stereocenters. The number of rotatable bonds is 6. The highest BCUT2D eigenvalue weighted by Crippen LogP contribution is 2.18. The van der Waals surface area contributed by atoms with Crippen molar-refractivity contribution >= 4 is 21.6 Å². The van der Waals surface area contributed by atoms with Crippen LogP contribution in [0.4, 0.5) is 5.69 Å². The van der Waals surface area contributed by atoms with E-state index in [1.165, 1.54) is 4.68 Å². The summed E-state index contributed by atoms with van der Waals surface area (Å²) in [5.74, 6) is 0.592. The van der Waals surface area contributed by atoms with Gasteiger partial charge in [-0.1, -0.05) is 13.8 Å². The zero-order valence-electron chi connectivity index (χ0n) is 11.0. The van der Waals surface area contributed by atoms with Crippen LogP contribution in [-0.4, -0.2) is 27.5 Å². The first-order valence-corrected chi connectivity index (χ1v) is 6.88. The fourth-order valence-corrected chi connectivity index (χ4v) is 2.27. The van der Waals surface area contributed by atoms with Crippen molar-refractivity contribution in [3.05, 3.63) is 21.0 Å². The molecular weight excluding hydrogens is 298 g/mol. The summed E-state index contributed by atoms with van der Waals surface area (Å²) in [6.45, 7) is 6.50. The van der Waals surface area contributed by atoms with Crippen LogP contribution in [0.3, 0.4) is 0 Å². The Morgan fingerprint density at radius 1 is 1.50 bits per heavy atom. The molecule has 0 aliphatic carbocycles. The number of aliphatic hydroxyl groups excluding tert-OH is 1. The Morgan fingerprint density at radius 3 is 2.72 bits per heavy atom. The maximum Gasteiger partial charge on any atom is 0.283 e. The average Bonchev–Trinajstić information content (AvgIpc) is 2.28. The second-order valence-corrected chi connectivity index (χ2v) is 5.59. The van der Waals surface area contributed by atoms with Crippen LogP contribution in [0.2, 0.25) is 0 Å². The second kappa shape index (κ2) is 6.89. The van der Waals surface area contributed by atoms with Crippen molar-refractivity contribution in [1.82, 2.24) is 9.78 Å². The molecule has 6 heteroatoms. The van der Waals surface area contributed by atoms with Gasteiger partial charge in [-0.15, -0.1) is 0 Å². The van der Waals surface area contributed by atoms with Crippen LogP contribution in [0, 0.1) is 5.92 Å². The summed E-state index contributed by atoms with van der Waals surface area (Å²) in [5, 5.41) is 16.1. The molecule has 0 saturated carbocycles. The first-order chi connectivity index (χ1) is 8.45. The molecule has 0 fully saturated rings. The molecule has 1 atom stereocenters. The van der Waals surface area contributed by atoms with Gasteiger partial charge in [0.05, 0.1) is 25.0 Å². The van der Waals surface area contributed by atoms with E-state index < -0.39 is 0 Å². The quantitative estimate of drug-likeness (QED) is 0.840. The van der Waals surface area contributed by atoms with Crippen LogP contribution < -0.4 is 10.9 Å². The smallest absolute Gasteiger partial charge is 0.283 e. The third kappa shape index (κ3) is 4.10. The number of hydrogen-bond acceptors (Lipinski definition) is 4. The number of anilines is 1. The predicted molar refractivity (Wildman–Crippen MR) is 75.8 cm³/mol. The molecular formula is C12H20BrN3O2. The van der Waals surface area contributed by atoms with Crippen molar-refractivity contribution in [1.29, 1.82) is 0 Å². The maximum absolute atomic E-state index is 11.9. The summed E-state index contributed by atoms with van der Waals surface area (Å²) in [5.41, 5.74) is 0.466. The lowest BCUT2D eigenvalue weighted by Gasteiger charge is -2.18. The van der Waals surface area contributed by atoms with Crippen molar-refractivity contribution < 1.29 is 5.11 Å². The van der Waals surface area contributed by atoms with Crippen LogP contribution in [0.25, 0.3) is 0 Å². The molecule has 1 heterocycles. The highest BCUT2D eigenvalue weighted by Gasteiger charge is 2.11. The van der Waals surface area contributed by atoms with E-state index in [1.807, 2.05) is 0 Å². The first-order valence-electron chi connectivity index (χ1n) is 6.08. The van der Waals surface area contributed by atoms with Gasteiger partial charge in [-0.05, 0) is 35.2 Å². The van der Waals surface area contributed by atoms with Crippen molar-refractivity contribution in [3.63, 3.8) is 0 Å². The number of aliphatic hydroxyl groups is 1. The van der Waals surface area contributed by atoms with Crippen LogP contribution >= 0.6 is 15.9 Å². The standard InChI is InChI=1S/C12H20BrN3O2/c1-8(2)6-9(3)15-10-7-14-16(4-5-17)12(18)11(10)13/h7-9,15,17H,4-6H2,1-3H3. The zero-order valence-corrected chi connectivity index (χ0v) is 12.6. The van der Waals surface area contributed by atoms with E-state index in [0.29, 0.717) is 16.1 Å². The molecule has 2 N–H and O–H groups in total. The van der Waals surface area contributed by atoms with E-state index in [1.54, 1.807) is 6.20 Å². The summed E-state index contributed by atoms with van der Waals surface area (Å²) in [6, 6.07) is 0.274. The maximum atomic E-state index is 11.9. The van der Waals surface area contributed by atoms with E-state index in [4.69, 9.17) is 5.11 Å². The van der Waals surface area contributed by atoms with Gasteiger partial charge in [0.2, 0.25) is 0 Å². The molecule has 0 bridgehead atoms. The summed E-state index contributed by atoms with van der Waals surface area (Å²) in [4.78, 5) is 11.9. The van der Waals surface area contributed by atoms with Crippen LogP contribution in [0.15, 0.2) is 15.5 Å². The van der Waals surface area contributed by atoms with Crippen molar-refractivity contribution in [3.8, 4) is 0 Å². The van der Waals surface area contributed by atoms with Gasteiger partial charge in [0.1, 0.15) is 4.47 Å². The van der Waals surface area contributed by atoms with Crippen molar-refractivity contribution in [2.24, 2.45) is 5.92 Å². The van der Waals surface area contributed by atoms with E-state index in [-0.39, 0.29) is 24.8 Å². The molecule has 18 heavy (non-hydrogen) atoms. The predicted octanol–water partition coefficient (Wildman–Crippen LogP) is 1.84. The summed E-state index contributed by atoms with van der Waals surface area (Å²) in [6.07, 6.45) is 2.63. The third-order valence-electron chi connectivity index (χ3n) is 2.52. The molecule has 1 aromatic heterocycles. The molecule has 0 aliphatic rings. The first kappa shape index (κ1) is 15.2. The molecule has 0 radical (unpaired) electrons. The van der Waals surface area contributed by atoms with E-state index in [9.17, 15) is 4.79 Å². The van der Waals surface area contributed by atoms with Gasteiger partial charge in [0, 0.05) is 6.04 Å². The number of aromatic nitrogens is 2. The highest BCUT2D eigenvalue weighted by molar-refractivity contribution is 9.10. The second-order valence-electron chi connectivity index (χ2n) is 4.80. The molecule has 0 aliphatic heterocycles. The molecule has 1 rings (SSSR count). The minimum Gasteiger partial charge on any atom is -0.394 e. The molecule has 0 saturated heterocycles.